The topological polar surface area (TPSA) is 154 Å². The minimum Gasteiger partial charge on any atom is -0.499 e. The lowest BCUT2D eigenvalue weighted by Gasteiger charge is -2.17. The SMILES string of the molecule is COC1=CC(=O)N(C(=O)[C@H]2CSC(C(CO)NC(=O)c3csc(C=NO)n3)=N2)C1. The van der Waals surface area contributed by atoms with Gasteiger partial charge in [0.25, 0.3) is 17.7 Å². The summed E-state index contributed by atoms with van der Waals surface area (Å²) < 4.78 is 5.00. The van der Waals surface area contributed by atoms with E-state index in [2.05, 4.69) is 20.4 Å². The number of amides is 3. The van der Waals surface area contributed by atoms with Crippen LogP contribution in [-0.4, -0.2) is 87.3 Å². The first-order valence-electron chi connectivity index (χ1n) is 8.32. The van der Waals surface area contributed by atoms with Crippen molar-refractivity contribution < 1.29 is 29.4 Å². The second-order valence-electron chi connectivity index (χ2n) is 5.90. The number of oxime groups is 1. The molecular formula is C16H17N5O6S2. The summed E-state index contributed by atoms with van der Waals surface area (Å²) in [7, 11) is 1.42. The number of thiazole rings is 1. The lowest BCUT2D eigenvalue weighted by atomic mass is 10.2. The van der Waals surface area contributed by atoms with Crippen LogP contribution in [0.3, 0.4) is 0 Å². The molecule has 1 unspecified atom stereocenters. The van der Waals surface area contributed by atoms with Gasteiger partial charge < -0.3 is 20.4 Å². The highest BCUT2D eigenvalue weighted by Gasteiger charge is 2.37. The van der Waals surface area contributed by atoms with Gasteiger partial charge in [-0.2, -0.15) is 0 Å². The molecule has 0 saturated carbocycles. The third-order valence-corrected chi connectivity index (χ3v) is 6.01. The fourth-order valence-electron chi connectivity index (χ4n) is 2.61. The summed E-state index contributed by atoms with van der Waals surface area (Å²) in [4.78, 5) is 46.2. The summed E-state index contributed by atoms with van der Waals surface area (Å²) in [5.74, 6) is -0.776. The average Bonchev–Trinajstić information content (AvgIpc) is 3.45. The summed E-state index contributed by atoms with van der Waals surface area (Å²) in [5, 5.41) is 25.8. The molecule has 29 heavy (non-hydrogen) atoms. The van der Waals surface area contributed by atoms with E-state index in [4.69, 9.17) is 9.94 Å². The third-order valence-electron chi connectivity index (χ3n) is 4.06. The summed E-state index contributed by atoms with van der Waals surface area (Å²) in [6, 6.07) is -1.61. The number of aliphatic hydroxyl groups is 1. The van der Waals surface area contributed by atoms with Crippen molar-refractivity contribution in [2.24, 2.45) is 10.1 Å². The molecule has 0 bridgehead atoms. The number of ether oxygens (including phenoxy) is 1. The number of nitrogens with one attached hydrogen (secondary N) is 1. The maximum absolute atomic E-state index is 12.6. The summed E-state index contributed by atoms with van der Waals surface area (Å²) in [6.07, 6.45) is 2.35. The van der Waals surface area contributed by atoms with E-state index in [-0.39, 0.29) is 12.2 Å². The van der Waals surface area contributed by atoms with Gasteiger partial charge in [-0.3, -0.25) is 24.3 Å². The summed E-state index contributed by atoms with van der Waals surface area (Å²) in [6.45, 7) is -0.366. The number of aliphatic imine (C=N–C) groups is 1. The number of methoxy groups -OCH3 is 1. The summed E-state index contributed by atoms with van der Waals surface area (Å²) >= 11 is 2.34. The minimum atomic E-state index is -0.816. The first-order valence-corrected chi connectivity index (χ1v) is 10.2. The van der Waals surface area contributed by atoms with Crippen molar-refractivity contribution in [3.05, 3.63) is 27.9 Å². The van der Waals surface area contributed by atoms with E-state index >= 15 is 0 Å². The van der Waals surface area contributed by atoms with Crippen LogP contribution in [0, 0.1) is 0 Å². The first-order chi connectivity index (χ1) is 14.0. The van der Waals surface area contributed by atoms with Gasteiger partial charge in [0.05, 0.1) is 25.3 Å². The molecule has 154 valence electrons. The van der Waals surface area contributed by atoms with Gasteiger partial charge >= 0.3 is 0 Å². The lowest BCUT2D eigenvalue weighted by Crippen LogP contribution is -2.42. The first kappa shape index (κ1) is 21.0. The molecular weight excluding hydrogens is 422 g/mol. The molecule has 3 amide bonds. The van der Waals surface area contributed by atoms with E-state index in [1.165, 1.54) is 30.3 Å². The average molecular weight is 439 g/mol. The number of carbonyl (C=O) groups is 3. The molecule has 3 heterocycles. The lowest BCUT2D eigenvalue weighted by molar-refractivity contribution is -0.141. The molecule has 0 spiro atoms. The molecule has 2 aliphatic rings. The van der Waals surface area contributed by atoms with Gasteiger partial charge in [-0.05, 0) is 0 Å². The van der Waals surface area contributed by atoms with Crippen LogP contribution in [0.2, 0.25) is 0 Å². The maximum Gasteiger partial charge on any atom is 0.271 e. The van der Waals surface area contributed by atoms with Crippen molar-refractivity contribution in [2.75, 3.05) is 26.0 Å². The van der Waals surface area contributed by atoms with Crippen LogP contribution in [0.5, 0.6) is 0 Å². The van der Waals surface area contributed by atoms with Gasteiger partial charge in [0.1, 0.15) is 34.8 Å². The normalized spacial score (nSPS) is 20.0. The van der Waals surface area contributed by atoms with E-state index in [0.29, 0.717) is 21.6 Å². The van der Waals surface area contributed by atoms with Crippen LogP contribution in [0.15, 0.2) is 27.4 Å². The second kappa shape index (κ2) is 9.15. The maximum atomic E-state index is 12.6. The van der Waals surface area contributed by atoms with E-state index in [9.17, 15) is 19.5 Å². The summed E-state index contributed by atoms with van der Waals surface area (Å²) in [5.41, 5.74) is 0.0976. The number of nitrogens with zero attached hydrogens (tertiary/aromatic N) is 4. The molecule has 0 aromatic carbocycles. The van der Waals surface area contributed by atoms with Crippen LogP contribution in [-0.2, 0) is 14.3 Å². The molecule has 0 saturated heterocycles. The number of rotatable bonds is 7. The molecule has 11 nitrogen and oxygen atoms in total. The number of hydrogen-bond acceptors (Lipinski definition) is 11. The highest BCUT2D eigenvalue weighted by atomic mass is 32.2. The van der Waals surface area contributed by atoms with Crippen LogP contribution in [0.25, 0.3) is 0 Å². The van der Waals surface area contributed by atoms with Crippen molar-refractivity contribution in [1.29, 1.82) is 0 Å². The van der Waals surface area contributed by atoms with E-state index in [1.807, 2.05) is 0 Å². The number of carbonyl (C=O) groups excluding carboxylic acids is 3. The van der Waals surface area contributed by atoms with E-state index < -0.39 is 36.4 Å². The van der Waals surface area contributed by atoms with Crippen molar-refractivity contribution in [1.82, 2.24) is 15.2 Å². The van der Waals surface area contributed by atoms with Crippen LogP contribution in [0.4, 0.5) is 0 Å². The van der Waals surface area contributed by atoms with Crippen LogP contribution >= 0.6 is 23.1 Å². The van der Waals surface area contributed by atoms with Gasteiger partial charge in [-0.1, -0.05) is 5.16 Å². The van der Waals surface area contributed by atoms with Gasteiger partial charge in [0.2, 0.25) is 0 Å². The number of aliphatic hydroxyl groups excluding tert-OH is 1. The molecule has 3 N–H and O–H groups in total. The smallest absolute Gasteiger partial charge is 0.271 e. The number of thioether (sulfide) groups is 1. The van der Waals surface area contributed by atoms with E-state index in [1.54, 1.807) is 0 Å². The van der Waals surface area contributed by atoms with Crippen molar-refractivity contribution in [3.63, 3.8) is 0 Å². The quantitative estimate of drug-likeness (QED) is 0.221. The molecule has 3 rings (SSSR count). The molecule has 2 atom stereocenters. The van der Waals surface area contributed by atoms with Crippen LogP contribution < -0.4 is 5.32 Å². The fourth-order valence-corrected chi connectivity index (χ4v) is 4.35. The second-order valence-corrected chi connectivity index (χ2v) is 7.83. The molecule has 1 aromatic heterocycles. The zero-order chi connectivity index (χ0) is 21.0. The standard InChI is InChI=1S/C16H17N5O6S2/c1-27-8-2-13(23)21(4-8)16(25)11-7-29-15(20-11)9(5-22)19-14(24)10-6-28-12(18-10)3-17-26/h2-3,6,9,11,22,26H,4-5,7H2,1H3,(H,19,24)/t9?,11-/m1/s1. The number of hydrogen-bond donors (Lipinski definition) is 3. The molecule has 13 heteroatoms. The number of aromatic nitrogens is 1. The van der Waals surface area contributed by atoms with Crippen molar-refractivity contribution in [2.45, 2.75) is 12.1 Å². The zero-order valence-electron chi connectivity index (χ0n) is 15.1. The molecule has 1 aromatic rings. The highest BCUT2D eigenvalue weighted by Crippen LogP contribution is 2.24. The Morgan fingerprint density at radius 3 is 3.00 bits per heavy atom. The van der Waals surface area contributed by atoms with Crippen LogP contribution in [0.1, 0.15) is 15.5 Å². The van der Waals surface area contributed by atoms with E-state index in [0.717, 1.165) is 22.5 Å². The van der Waals surface area contributed by atoms with Gasteiger partial charge in [0.15, 0.2) is 0 Å². The minimum absolute atomic E-state index is 0.0592. The molecule has 2 aliphatic heterocycles. The van der Waals surface area contributed by atoms with Gasteiger partial charge in [-0.25, -0.2) is 4.98 Å². The predicted molar refractivity (Wildman–Crippen MR) is 105 cm³/mol. The predicted octanol–water partition coefficient (Wildman–Crippen LogP) is -0.545. The fraction of sp³-hybridized carbons (Fsp3) is 0.375. The van der Waals surface area contributed by atoms with Crippen molar-refractivity contribution in [3.8, 4) is 0 Å². The number of imide groups is 1. The Labute approximate surface area is 173 Å². The van der Waals surface area contributed by atoms with Gasteiger partial charge in [0, 0.05) is 17.2 Å². The largest absolute Gasteiger partial charge is 0.499 e. The Hall–Kier alpha value is -2.77. The van der Waals surface area contributed by atoms with Gasteiger partial charge in [-0.15, -0.1) is 23.1 Å². The Kier molecular flexibility index (Phi) is 6.61. The third kappa shape index (κ3) is 4.63. The Bertz CT molecular complexity index is 911. The molecule has 0 aliphatic carbocycles. The zero-order valence-corrected chi connectivity index (χ0v) is 16.8. The molecule has 0 fully saturated rings. The molecule has 0 radical (unpaired) electrons. The van der Waals surface area contributed by atoms with Crippen molar-refractivity contribution >= 4 is 52.1 Å². The highest BCUT2D eigenvalue weighted by molar-refractivity contribution is 8.14. The Morgan fingerprint density at radius 2 is 2.34 bits per heavy atom. The Morgan fingerprint density at radius 1 is 1.55 bits per heavy atom. The Balaban J connectivity index is 1.65. The monoisotopic (exact) mass is 439 g/mol.